The number of furan rings is 1. The highest BCUT2D eigenvalue weighted by molar-refractivity contribution is 6.42. The summed E-state index contributed by atoms with van der Waals surface area (Å²) < 4.78 is 5.62. The molecule has 3 rings (SSSR count). The van der Waals surface area contributed by atoms with Gasteiger partial charge in [0.05, 0.1) is 22.3 Å². The molecule has 148 valence electrons. The van der Waals surface area contributed by atoms with Crippen molar-refractivity contribution in [3.05, 3.63) is 46.1 Å². The number of carbonyl (C=O) groups is 3. The van der Waals surface area contributed by atoms with Gasteiger partial charge >= 0.3 is 6.03 Å². The summed E-state index contributed by atoms with van der Waals surface area (Å²) in [7, 11) is 0. The fraction of sp³-hybridized carbons (Fsp3) is 0.176. The molecule has 1 aromatic carbocycles. The SMILES string of the molecule is CC(N)C(=O)N1C(=O)CN(N=Cc2ccc(-c3ccc(Cl)c(Cl)c3)o2)C1=O.Cl. The van der Waals surface area contributed by atoms with Crippen LogP contribution in [0.3, 0.4) is 0 Å². The predicted octanol–water partition coefficient (Wildman–Crippen LogP) is 3.15. The molecule has 2 aromatic rings. The van der Waals surface area contributed by atoms with E-state index in [9.17, 15) is 14.4 Å². The predicted molar refractivity (Wildman–Crippen MR) is 107 cm³/mol. The summed E-state index contributed by atoms with van der Waals surface area (Å²) in [5.74, 6) is -0.598. The number of hydrogen-bond donors (Lipinski definition) is 1. The van der Waals surface area contributed by atoms with Crippen molar-refractivity contribution >= 4 is 59.7 Å². The lowest BCUT2D eigenvalue weighted by atomic mass is 10.2. The standard InChI is InChI=1S/C17H14Cl2N4O4.ClH/c1-9(20)16(25)23-15(24)8-22(17(23)26)21-7-11-3-5-14(27-11)10-2-4-12(18)13(19)6-10;/h2-7,9H,8,20H2,1H3;1H. The van der Waals surface area contributed by atoms with Gasteiger partial charge in [-0.15, -0.1) is 12.4 Å². The Kier molecular flexibility index (Phi) is 6.84. The molecule has 0 bridgehead atoms. The third kappa shape index (κ3) is 4.36. The summed E-state index contributed by atoms with van der Waals surface area (Å²) in [6.07, 6.45) is 1.27. The highest BCUT2D eigenvalue weighted by Crippen LogP contribution is 2.29. The fourth-order valence-electron chi connectivity index (χ4n) is 2.35. The Bertz CT molecular complexity index is 958. The maximum Gasteiger partial charge on any atom is 0.354 e. The summed E-state index contributed by atoms with van der Waals surface area (Å²) in [5, 5.41) is 5.60. The Morgan fingerprint density at radius 3 is 2.61 bits per heavy atom. The topological polar surface area (TPSA) is 109 Å². The zero-order chi connectivity index (χ0) is 19.7. The van der Waals surface area contributed by atoms with Crippen molar-refractivity contribution in [2.75, 3.05) is 6.54 Å². The number of amides is 4. The Morgan fingerprint density at radius 1 is 1.25 bits per heavy atom. The molecule has 1 atom stereocenters. The molecule has 28 heavy (non-hydrogen) atoms. The molecule has 1 fully saturated rings. The average molecular weight is 446 g/mol. The van der Waals surface area contributed by atoms with Gasteiger partial charge in [-0.05, 0) is 37.3 Å². The minimum atomic E-state index is -0.972. The van der Waals surface area contributed by atoms with Crippen LogP contribution in [0.2, 0.25) is 10.0 Å². The van der Waals surface area contributed by atoms with Crippen molar-refractivity contribution in [3.8, 4) is 11.3 Å². The van der Waals surface area contributed by atoms with E-state index in [-0.39, 0.29) is 19.0 Å². The van der Waals surface area contributed by atoms with Crippen LogP contribution in [-0.4, -0.2) is 46.6 Å². The number of halogens is 3. The van der Waals surface area contributed by atoms with Crippen molar-refractivity contribution in [1.29, 1.82) is 0 Å². The molecular weight excluding hydrogens is 431 g/mol. The molecule has 11 heteroatoms. The molecule has 4 amide bonds. The van der Waals surface area contributed by atoms with Crippen LogP contribution in [0.15, 0.2) is 39.9 Å². The highest BCUT2D eigenvalue weighted by atomic mass is 35.5. The number of imide groups is 3. The number of nitrogens with two attached hydrogens (primary N) is 1. The van der Waals surface area contributed by atoms with Gasteiger partial charge in [0.1, 0.15) is 18.1 Å². The highest BCUT2D eigenvalue weighted by Gasteiger charge is 2.41. The van der Waals surface area contributed by atoms with Crippen LogP contribution in [0.25, 0.3) is 11.3 Å². The van der Waals surface area contributed by atoms with E-state index in [1.54, 1.807) is 30.3 Å². The van der Waals surface area contributed by atoms with Gasteiger partial charge in [0.2, 0.25) is 0 Å². The second-order valence-corrected chi connectivity index (χ2v) is 6.59. The van der Waals surface area contributed by atoms with Gasteiger partial charge in [0.15, 0.2) is 0 Å². The minimum absolute atomic E-state index is 0. The molecule has 8 nitrogen and oxygen atoms in total. The van der Waals surface area contributed by atoms with E-state index in [1.165, 1.54) is 13.1 Å². The van der Waals surface area contributed by atoms with E-state index in [0.29, 0.717) is 32.0 Å². The van der Waals surface area contributed by atoms with Crippen molar-refractivity contribution in [3.63, 3.8) is 0 Å². The first kappa shape index (κ1) is 21.9. The van der Waals surface area contributed by atoms with E-state index in [4.69, 9.17) is 33.4 Å². The molecule has 1 aliphatic heterocycles. The fourth-order valence-corrected chi connectivity index (χ4v) is 2.65. The third-order valence-electron chi connectivity index (χ3n) is 3.71. The van der Waals surface area contributed by atoms with Crippen LogP contribution in [0.5, 0.6) is 0 Å². The lowest BCUT2D eigenvalue weighted by Gasteiger charge is -2.13. The number of hydrazone groups is 1. The Hall–Kier alpha value is -2.39. The number of carbonyl (C=O) groups excluding carboxylic acids is 3. The molecule has 1 aliphatic rings. The van der Waals surface area contributed by atoms with Crippen LogP contribution >= 0.6 is 35.6 Å². The quantitative estimate of drug-likeness (QED) is 0.574. The van der Waals surface area contributed by atoms with Gasteiger partial charge in [-0.25, -0.2) is 9.80 Å². The first-order chi connectivity index (χ1) is 12.8. The maximum absolute atomic E-state index is 12.2. The lowest BCUT2D eigenvalue weighted by molar-refractivity contribution is -0.139. The first-order valence-corrected chi connectivity index (χ1v) is 8.56. The zero-order valence-corrected chi connectivity index (χ0v) is 16.8. The molecule has 0 aliphatic carbocycles. The van der Waals surface area contributed by atoms with E-state index in [1.807, 2.05) is 0 Å². The summed E-state index contributed by atoms with van der Waals surface area (Å²) in [6, 6.07) is 6.56. The summed E-state index contributed by atoms with van der Waals surface area (Å²) in [6.45, 7) is 1.04. The van der Waals surface area contributed by atoms with Crippen molar-refractivity contribution in [2.45, 2.75) is 13.0 Å². The van der Waals surface area contributed by atoms with Gasteiger partial charge < -0.3 is 10.2 Å². The molecule has 1 unspecified atom stereocenters. The molecular formula is C17H15Cl3N4O4. The summed E-state index contributed by atoms with van der Waals surface area (Å²) in [5.41, 5.74) is 6.16. The van der Waals surface area contributed by atoms with Gasteiger partial charge in [0.25, 0.3) is 11.8 Å². The number of nitrogens with zero attached hydrogens (tertiary/aromatic N) is 3. The molecule has 2 N–H and O–H groups in total. The molecule has 2 heterocycles. The van der Waals surface area contributed by atoms with Crippen LogP contribution in [0.1, 0.15) is 12.7 Å². The Balaban J connectivity index is 0.00000280. The lowest BCUT2D eigenvalue weighted by Crippen LogP contribution is -2.45. The van der Waals surface area contributed by atoms with Crippen LogP contribution in [-0.2, 0) is 9.59 Å². The van der Waals surface area contributed by atoms with E-state index in [2.05, 4.69) is 5.10 Å². The Morgan fingerprint density at radius 2 is 1.96 bits per heavy atom. The normalized spacial score (nSPS) is 15.3. The van der Waals surface area contributed by atoms with Gasteiger partial charge in [-0.3, -0.25) is 9.59 Å². The van der Waals surface area contributed by atoms with E-state index < -0.39 is 23.9 Å². The van der Waals surface area contributed by atoms with Crippen LogP contribution < -0.4 is 5.73 Å². The molecule has 1 saturated heterocycles. The van der Waals surface area contributed by atoms with Crippen LogP contribution in [0, 0.1) is 0 Å². The number of benzene rings is 1. The molecule has 1 aromatic heterocycles. The van der Waals surface area contributed by atoms with E-state index in [0.717, 1.165) is 5.01 Å². The number of hydrogen-bond acceptors (Lipinski definition) is 6. The number of rotatable bonds is 4. The minimum Gasteiger partial charge on any atom is -0.455 e. The second kappa shape index (κ2) is 8.74. The summed E-state index contributed by atoms with van der Waals surface area (Å²) in [4.78, 5) is 36.4. The second-order valence-electron chi connectivity index (χ2n) is 5.77. The van der Waals surface area contributed by atoms with Crippen molar-refractivity contribution in [1.82, 2.24) is 9.91 Å². The van der Waals surface area contributed by atoms with Gasteiger partial charge in [0, 0.05) is 5.56 Å². The van der Waals surface area contributed by atoms with Crippen molar-refractivity contribution in [2.24, 2.45) is 10.8 Å². The van der Waals surface area contributed by atoms with Crippen molar-refractivity contribution < 1.29 is 18.8 Å². The average Bonchev–Trinajstić information content (AvgIpc) is 3.19. The van der Waals surface area contributed by atoms with Gasteiger partial charge in [-0.1, -0.05) is 23.2 Å². The smallest absolute Gasteiger partial charge is 0.354 e. The molecule has 0 saturated carbocycles. The maximum atomic E-state index is 12.2. The number of urea groups is 1. The first-order valence-electron chi connectivity index (χ1n) is 7.81. The summed E-state index contributed by atoms with van der Waals surface area (Å²) >= 11 is 11.9. The monoisotopic (exact) mass is 444 g/mol. The molecule has 0 spiro atoms. The van der Waals surface area contributed by atoms with Gasteiger partial charge in [-0.2, -0.15) is 10.0 Å². The van der Waals surface area contributed by atoms with E-state index >= 15 is 0 Å². The molecule has 0 radical (unpaired) electrons. The third-order valence-corrected chi connectivity index (χ3v) is 4.45. The largest absolute Gasteiger partial charge is 0.455 e. The van der Waals surface area contributed by atoms with Crippen LogP contribution in [0.4, 0.5) is 4.79 Å². The Labute approximate surface area is 176 Å². The zero-order valence-electron chi connectivity index (χ0n) is 14.5.